The molecule has 3 nitrogen and oxygen atoms in total. The van der Waals surface area contributed by atoms with Crippen molar-refractivity contribution in [2.24, 2.45) is 0 Å². The molecular weight excluding hydrogens is 164 g/mol. The Bertz CT molecular complexity index is 328. The summed E-state index contributed by atoms with van der Waals surface area (Å²) in [7, 11) is 0. The van der Waals surface area contributed by atoms with Gasteiger partial charge in [-0.1, -0.05) is 0 Å². The molecule has 0 atom stereocenters. The van der Waals surface area contributed by atoms with Crippen LogP contribution in [0.3, 0.4) is 0 Å². The van der Waals surface area contributed by atoms with Crippen LogP contribution < -0.4 is 10.5 Å². The number of anilines is 1. The molecule has 0 aliphatic heterocycles. The van der Waals surface area contributed by atoms with E-state index in [4.69, 9.17) is 16.9 Å². The van der Waals surface area contributed by atoms with Gasteiger partial charge in [0, 0.05) is 12.6 Å². The van der Waals surface area contributed by atoms with Gasteiger partial charge in [0.2, 0.25) is 5.88 Å². The van der Waals surface area contributed by atoms with Gasteiger partial charge in [0.05, 0.1) is 5.69 Å². The Morgan fingerprint density at radius 2 is 2.46 bits per heavy atom. The van der Waals surface area contributed by atoms with Gasteiger partial charge in [0.25, 0.3) is 0 Å². The molecule has 0 aliphatic rings. The van der Waals surface area contributed by atoms with Crippen LogP contribution in [0.15, 0.2) is 12.3 Å². The molecule has 0 radical (unpaired) electrons. The fraction of sp³-hybridized carbons (Fsp3) is 0.300. The minimum atomic E-state index is 0.455. The van der Waals surface area contributed by atoms with Crippen LogP contribution >= 0.6 is 0 Å². The molecule has 0 aromatic carbocycles. The Hall–Kier alpha value is -1.69. The van der Waals surface area contributed by atoms with E-state index in [9.17, 15) is 0 Å². The van der Waals surface area contributed by atoms with Gasteiger partial charge in [0.1, 0.15) is 6.61 Å². The minimum absolute atomic E-state index is 0.455. The Morgan fingerprint density at radius 3 is 3.08 bits per heavy atom. The molecule has 2 N–H and O–H groups in total. The highest BCUT2D eigenvalue weighted by molar-refractivity contribution is 5.49. The summed E-state index contributed by atoms with van der Waals surface area (Å²) in [5.41, 5.74) is 7.23. The lowest BCUT2D eigenvalue weighted by Crippen LogP contribution is -2.01. The second-order valence-electron chi connectivity index (χ2n) is 2.71. The van der Waals surface area contributed by atoms with E-state index in [-0.39, 0.29) is 0 Å². The lowest BCUT2D eigenvalue weighted by Gasteiger charge is -2.05. The van der Waals surface area contributed by atoms with Gasteiger partial charge in [-0.15, -0.1) is 12.3 Å². The summed E-state index contributed by atoms with van der Waals surface area (Å²) in [5.74, 6) is 2.93. The van der Waals surface area contributed by atoms with Crippen LogP contribution in [-0.4, -0.2) is 11.6 Å². The molecule has 0 saturated carbocycles. The van der Waals surface area contributed by atoms with Gasteiger partial charge in [-0.05, 0) is 18.6 Å². The second-order valence-corrected chi connectivity index (χ2v) is 2.71. The number of ether oxygens (including phenoxy) is 1. The van der Waals surface area contributed by atoms with Crippen LogP contribution in [0.2, 0.25) is 0 Å². The molecule has 1 rings (SSSR count). The van der Waals surface area contributed by atoms with E-state index in [2.05, 4.69) is 10.9 Å². The van der Waals surface area contributed by atoms with E-state index in [0.29, 0.717) is 24.6 Å². The third kappa shape index (κ3) is 2.68. The van der Waals surface area contributed by atoms with E-state index in [1.165, 1.54) is 0 Å². The van der Waals surface area contributed by atoms with Crippen molar-refractivity contribution in [3.8, 4) is 18.2 Å². The SMILES string of the molecule is C#CCCOc1ncc(C)cc1N. The Morgan fingerprint density at radius 1 is 1.69 bits per heavy atom. The van der Waals surface area contributed by atoms with Gasteiger partial charge >= 0.3 is 0 Å². The fourth-order valence-corrected chi connectivity index (χ4v) is 0.906. The number of hydrogen-bond acceptors (Lipinski definition) is 3. The topological polar surface area (TPSA) is 48.1 Å². The molecule has 0 spiro atoms. The van der Waals surface area contributed by atoms with E-state index >= 15 is 0 Å². The van der Waals surface area contributed by atoms with Crippen molar-refractivity contribution in [1.29, 1.82) is 0 Å². The van der Waals surface area contributed by atoms with Crippen molar-refractivity contribution in [2.75, 3.05) is 12.3 Å². The first-order chi connectivity index (χ1) is 6.24. The molecule has 0 amide bonds. The third-order valence-corrected chi connectivity index (χ3v) is 1.50. The smallest absolute Gasteiger partial charge is 0.237 e. The predicted octanol–water partition coefficient (Wildman–Crippen LogP) is 1.37. The first-order valence-corrected chi connectivity index (χ1v) is 4.02. The summed E-state index contributed by atoms with van der Waals surface area (Å²) >= 11 is 0. The van der Waals surface area contributed by atoms with Crippen molar-refractivity contribution in [3.63, 3.8) is 0 Å². The van der Waals surface area contributed by atoms with E-state index in [0.717, 1.165) is 5.56 Å². The molecule has 0 saturated heterocycles. The number of aromatic nitrogens is 1. The van der Waals surface area contributed by atoms with E-state index in [1.54, 1.807) is 6.20 Å². The second kappa shape index (κ2) is 4.36. The molecule has 68 valence electrons. The van der Waals surface area contributed by atoms with Crippen LogP contribution in [0, 0.1) is 19.3 Å². The van der Waals surface area contributed by atoms with Gasteiger partial charge in [0.15, 0.2) is 0 Å². The maximum Gasteiger partial charge on any atom is 0.237 e. The number of nitrogens with two attached hydrogens (primary N) is 1. The standard InChI is InChI=1S/C10H12N2O/c1-3-4-5-13-10-9(11)6-8(2)7-12-10/h1,6-7H,4-5,11H2,2H3. The van der Waals surface area contributed by atoms with Gasteiger partial charge in [-0.3, -0.25) is 0 Å². The van der Waals surface area contributed by atoms with Crippen molar-refractivity contribution in [2.45, 2.75) is 13.3 Å². The lowest BCUT2D eigenvalue weighted by molar-refractivity contribution is 0.316. The van der Waals surface area contributed by atoms with Crippen LogP contribution in [-0.2, 0) is 0 Å². The average molecular weight is 176 g/mol. The normalized spacial score (nSPS) is 9.23. The Kier molecular flexibility index (Phi) is 3.15. The summed E-state index contributed by atoms with van der Waals surface area (Å²) in [4.78, 5) is 4.03. The molecule has 1 aromatic rings. The minimum Gasteiger partial charge on any atom is -0.475 e. The molecule has 0 fully saturated rings. The summed E-state index contributed by atoms with van der Waals surface area (Å²) in [6.45, 7) is 2.38. The number of aryl methyl sites for hydroxylation is 1. The highest BCUT2D eigenvalue weighted by Gasteiger charge is 2.00. The number of hydrogen-bond donors (Lipinski definition) is 1. The van der Waals surface area contributed by atoms with E-state index in [1.807, 2.05) is 13.0 Å². The van der Waals surface area contributed by atoms with Gasteiger partial charge in [-0.25, -0.2) is 4.98 Å². The molecule has 3 heteroatoms. The quantitative estimate of drug-likeness (QED) is 0.559. The summed E-state index contributed by atoms with van der Waals surface area (Å²) in [6, 6.07) is 1.82. The van der Waals surface area contributed by atoms with Crippen molar-refractivity contribution >= 4 is 5.69 Å². The lowest BCUT2D eigenvalue weighted by atomic mass is 10.3. The van der Waals surface area contributed by atoms with Crippen LogP contribution in [0.4, 0.5) is 5.69 Å². The van der Waals surface area contributed by atoms with Gasteiger partial charge in [-0.2, -0.15) is 0 Å². The van der Waals surface area contributed by atoms with E-state index < -0.39 is 0 Å². The van der Waals surface area contributed by atoms with Crippen molar-refractivity contribution < 1.29 is 4.74 Å². The number of nitrogens with zero attached hydrogens (tertiary/aromatic N) is 1. The molecular formula is C10H12N2O. The fourth-order valence-electron chi connectivity index (χ4n) is 0.906. The average Bonchev–Trinajstić information content (AvgIpc) is 2.09. The zero-order valence-corrected chi connectivity index (χ0v) is 7.58. The first-order valence-electron chi connectivity index (χ1n) is 4.02. The van der Waals surface area contributed by atoms with Crippen molar-refractivity contribution in [1.82, 2.24) is 4.98 Å². The largest absolute Gasteiger partial charge is 0.475 e. The molecule has 1 heterocycles. The highest BCUT2D eigenvalue weighted by atomic mass is 16.5. The maximum atomic E-state index is 5.66. The molecule has 0 aliphatic carbocycles. The van der Waals surface area contributed by atoms with Crippen LogP contribution in [0.1, 0.15) is 12.0 Å². The van der Waals surface area contributed by atoms with Crippen molar-refractivity contribution in [3.05, 3.63) is 17.8 Å². The van der Waals surface area contributed by atoms with Crippen LogP contribution in [0.5, 0.6) is 5.88 Å². The zero-order chi connectivity index (χ0) is 9.68. The Labute approximate surface area is 77.9 Å². The van der Waals surface area contributed by atoms with Crippen LogP contribution in [0.25, 0.3) is 0 Å². The highest BCUT2D eigenvalue weighted by Crippen LogP contribution is 2.18. The monoisotopic (exact) mass is 176 g/mol. The number of rotatable bonds is 3. The molecule has 0 unspecified atom stereocenters. The molecule has 1 aromatic heterocycles. The molecule has 13 heavy (non-hydrogen) atoms. The summed E-state index contributed by atoms with van der Waals surface area (Å²) < 4.78 is 5.25. The maximum absolute atomic E-state index is 5.66. The predicted molar refractivity (Wildman–Crippen MR) is 52.3 cm³/mol. The third-order valence-electron chi connectivity index (χ3n) is 1.50. The number of pyridine rings is 1. The Balaban J connectivity index is 2.62. The number of nitrogen functional groups attached to an aromatic ring is 1. The molecule has 0 bridgehead atoms. The summed E-state index contributed by atoms with van der Waals surface area (Å²) in [6.07, 6.45) is 7.35. The zero-order valence-electron chi connectivity index (χ0n) is 7.58. The number of terminal acetylenes is 1. The first kappa shape index (κ1) is 9.40. The summed E-state index contributed by atoms with van der Waals surface area (Å²) in [5, 5.41) is 0. The van der Waals surface area contributed by atoms with Gasteiger partial charge < -0.3 is 10.5 Å².